The van der Waals surface area contributed by atoms with E-state index in [4.69, 9.17) is 0 Å². The van der Waals surface area contributed by atoms with Crippen molar-refractivity contribution >= 4 is 15.9 Å². The van der Waals surface area contributed by atoms with Gasteiger partial charge in [0.2, 0.25) is 0 Å². The zero-order chi connectivity index (χ0) is 6.41. The van der Waals surface area contributed by atoms with E-state index >= 15 is 0 Å². The van der Waals surface area contributed by atoms with Crippen LogP contribution in [-0.2, 0) is 0 Å². The molecule has 0 spiro atoms. The lowest BCUT2D eigenvalue weighted by molar-refractivity contribution is 0.791. The van der Waals surface area contributed by atoms with Gasteiger partial charge in [0.15, 0.2) is 0 Å². The van der Waals surface area contributed by atoms with E-state index in [0.29, 0.717) is 5.92 Å². The smallest absolute Gasteiger partial charge is 0.00398 e. The van der Waals surface area contributed by atoms with Gasteiger partial charge in [-0.3, -0.25) is 0 Å². The first-order valence-electron chi connectivity index (χ1n) is 2.66. The van der Waals surface area contributed by atoms with Crippen LogP contribution in [0.5, 0.6) is 0 Å². The molecule has 8 heavy (non-hydrogen) atoms. The summed E-state index contributed by atoms with van der Waals surface area (Å²) >= 11 is 3.34. The van der Waals surface area contributed by atoms with Gasteiger partial charge in [-0.05, 0) is 12.3 Å². The second-order valence-corrected chi connectivity index (χ2v) is 2.41. The Labute approximate surface area is 59.4 Å². The molecule has 0 heterocycles. The predicted octanol–water partition coefficient (Wildman–Crippen LogP) is 2.76. The maximum Gasteiger partial charge on any atom is 0.00398 e. The summed E-state index contributed by atoms with van der Waals surface area (Å²) in [7, 11) is 0. The number of alkyl halides is 1. The summed E-state index contributed by atoms with van der Waals surface area (Å²) in [6, 6.07) is 0. The molecule has 0 radical (unpaired) electrons. The minimum atomic E-state index is 0.481. The topological polar surface area (TPSA) is 0 Å². The molecule has 0 aromatic carbocycles. The molecule has 0 aromatic heterocycles. The summed E-state index contributed by atoms with van der Waals surface area (Å²) in [5.74, 6) is 0.481. The molecule has 0 amide bonds. The largest absolute Gasteiger partial charge is 0.102 e. The third-order valence-corrected chi connectivity index (χ3v) is 1.51. The van der Waals surface area contributed by atoms with E-state index in [1.54, 1.807) is 0 Å². The summed E-state index contributed by atoms with van der Waals surface area (Å²) in [6.45, 7) is 7.32. The van der Waals surface area contributed by atoms with Crippen LogP contribution in [-0.4, -0.2) is 5.33 Å². The Bertz CT molecular complexity index is 68.5. The van der Waals surface area contributed by atoms with Crippen LogP contribution in [0.4, 0.5) is 0 Å². The molecule has 0 aromatic rings. The van der Waals surface area contributed by atoms with E-state index in [9.17, 15) is 0 Å². The summed E-state index contributed by atoms with van der Waals surface area (Å²) < 4.78 is 0. The summed E-state index contributed by atoms with van der Waals surface area (Å²) in [5, 5.41) is 1.02. The molecule has 0 saturated carbocycles. The van der Waals surface area contributed by atoms with Crippen LogP contribution in [0, 0.1) is 5.92 Å². The van der Waals surface area contributed by atoms with E-state index in [-0.39, 0.29) is 0 Å². The molecule has 0 atom stereocenters. The molecule has 0 bridgehead atoms. The molecular weight excluding hydrogens is 164 g/mol. The molecule has 0 nitrogen and oxygen atoms in total. The van der Waals surface area contributed by atoms with E-state index in [0.717, 1.165) is 11.8 Å². The van der Waals surface area contributed by atoms with Crippen molar-refractivity contribution < 1.29 is 0 Å². The van der Waals surface area contributed by atoms with Gasteiger partial charge < -0.3 is 0 Å². The zero-order valence-corrected chi connectivity index (χ0v) is 6.52. The summed E-state index contributed by atoms with van der Waals surface area (Å²) in [6.07, 6.45) is 4.93. The first-order chi connectivity index (χ1) is 3.85. The Kier molecular flexibility index (Phi) is 5.08. The standard InChI is InChI=1S/C7H11Br/c1-3-7(4-2)5-6-8/h3-4,7H,1-2,5-6H2. The lowest BCUT2D eigenvalue weighted by Gasteiger charge is -2.00. The molecule has 0 unspecified atom stereocenters. The van der Waals surface area contributed by atoms with E-state index in [1.807, 2.05) is 12.2 Å². The number of rotatable bonds is 4. The van der Waals surface area contributed by atoms with Gasteiger partial charge >= 0.3 is 0 Å². The van der Waals surface area contributed by atoms with E-state index in [1.165, 1.54) is 0 Å². The molecule has 46 valence electrons. The molecule has 0 saturated heterocycles. The van der Waals surface area contributed by atoms with Crippen molar-refractivity contribution in [2.75, 3.05) is 5.33 Å². The minimum Gasteiger partial charge on any atom is -0.102 e. The van der Waals surface area contributed by atoms with E-state index < -0.39 is 0 Å². The predicted molar refractivity (Wildman–Crippen MR) is 42.3 cm³/mol. The number of hydrogen-bond donors (Lipinski definition) is 0. The van der Waals surface area contributed by atoms with Crippen LogP contribution >= 0.6 is 15.9 Å². The molecule has 0 rings (SSSR count). The third kappa shape index (κ3) is 3.03. The van der Waals surface area contributed by atoms with Crippen LogP contribution in [0.2, 0.25) is 0 Å². The van der Waals surface area contributed by atoms with Crippen molar-refractivity contribution in [3.05, 3.63) is 25.3 Å². The maximum absolute atomic E-state index is 3.66. The normalized spacial score (nSPS) is 9.25. The molecule has 0 N–H and O–H groups in total. The van der Waals surface area contributed by atoms with Gasteiger partial charge in [0.25, 0.3) is 0 Å². The summed E-state index contributed by atoms with van der Waals surface area (Å²) in [5.41, 5.74) is 0. The third-order valence-electron chi connectivity index (χ3n) is 1.05. The van der Waals surface area contributed by atoms with Crippen LogP contribution in [0.25, 0.3) is 0 Å². The highest BCUT2D eigenvalue weighted by Crippen LogP contribution is 2.06. The molecule has 0 fully saturated rings. The molecule has 1 heteroatoms. The van der Waals surface area contributed by atoms with Crippen molar-refractivity contribution in [1.82, 2.24) is 0 Å². The first kappa shape index (κ1) is 7.96. The average molecular weight is 175 g/mol. The maximum atomic E-state index is 3.66. The first-order valence-corrected chi connectivity index (χ1v) is 3.78. The summed E-state index contributed by atoms with van der Waals surface area (Å²) in [4.78, 5) is 0. The quantitative estimate of drug-likeness (QED) is 0.455. The van der Waals surface area contributed by atoms with Crippen LogP contribution in [0.3, 0.4) is 0 Å². The van der Waals surface area contributed by atoms with Crippen LogP contribution in [0.15, 0.2) is 25.3 Å². The van der Waals surface area contributed by atoms with Gasteiger partial charge in [0.05, 0.1) is 0 Å². The molecule has 0 aliphatic heterocycles. The minimum absolute atomic E-state index is 0.481. The number of halogens is 1. The molecule has 0 aliphatic rings. The van der Waals surface area contributed by atoms with Crippen molar-refractivity contribution in [2.24, 2.45) is 5.92 Å². The van der Waals surface area contributed by atoms with Gasteiger partial charge in [-0.1, -0.05) is 28.1 Å². The number of allylic oxidation sites excluding steroid dienone is 2. The fourth-order valence-electron chi connectivity index (χ4n) is 0.458. The second kappa shape index (κ2) is 5.10. The van der Waals surface area contributed by atoms with Crippen molar-refractivity contribution in [3.8, 4) is 0 Å². The Balaban J connectivity index is 3.35. The highest BCUT2D eigenvalue weighted by molar-refractivity contribution is 9.09. The van der Waals surface area contributed by atoms with Gasteiger partial charge in [-0.2, -0.15) is 0 Å². The van der Waals surface area contributed by atoms with Gasteiger partial charge in [0.1, 0.15) is 0 Å². The Morgan fingerprint density at radius 3 is 2.00 bits per heavy atom. The average Bonchev–Trinajstić information content (AvgIpc) is 1.83. The lowest BCUT2D eigenvalue weighted by Crippen LogP contribution is -1.89. The van der Waals surface area contributed by atoms with Crippen molar-refractivity contribution in [1.29, 1.82) is 0 Å². The zero-order valence-electron chi connectivity index (χ0n) is 4.94. The molecule has 0 aliphatic carbocycles. The fourth-order valence-corrected chi connectivity index (χ4v) is 0.987. The van der Waals surface area contributed by atoms with Crippen molar-refractivity contribution in [3.63, 3.8) is 0 Å². The lowest BCUT2D eigenvalue weighted by atomic mass is 10.1. The Morgan fingerprint density at radius 2 is 1.88 bits per heavy atom. The van der Waals surface area contributed by atoms with Gasteiger partial charge in [0, 0.05) is 5.33 Å². The van der Waals surface area contributed by atoms with Crippen molar-refractivity contribution in [2.45, 2.75) is 6.42 Å². The second-order valence-electron chi connectivity index (χ2n) is 1.61. The fraction of sp³-hybridized carbons (Fsp3) is 0.429. The van der Waals surface area contributed by atoms with Gasteiger partial charge in [-0.25, -0.2) is 0 Å². The Hall–Kier alpha value is -0.0400. The number of hydrogen-bond acceptors (Lipinski definition) is 0. The highest BCUT2D eigenvalue weighted by atomic mass is 79.9. The van der Waals surface area contributed by atoms with E-state index in [2.05, 4.69) is 29.1 Å². The van der Waals surface area contributed by atoms with Crippen LogP contribution < -0.4 is 0 Å². The molecular formula is C7H11Br. The SMILES string of the molecule is C=CC(C=C)CCBr. The van der Waals surface area contributed by atoms with Crippen LogP contribution in [0.1, 0.15) is 6.42 Å². The van der Waals surface area contributed by atoms with Gasteiger partial charge in [-0.15, -0.1) is 13.2 Å². The highest BCUT2D eigenvalue weighted by Gasteiger charge is 1.93. The Morgan fingerprint density at radius 1 is 1.38 bits per heavy atom. The monoisotopic (exact) mass is 174 g/mol.